The van der Waals surface area contributed by atoms with Crippen LogP contribution < -0.4 is 0 Å². The third-order valence-corrected chi connectivity index (χ3v) is 7.37. The lowest BCUT2D eigenvalue weighted by atomic mass is 9.49. The number of carbonyl (C=O) groups excluding carboxylic acids is 1. The molecule has 0 saturated heterocycles. The van der Waals surface area contributed by atoms with E-state index in [0.717, 1.165) is 35.4 Å². The summed E-state index contributed by atoms with van der Waals surface area (Å²) in [5, 5.41) is 0. The maximum Gasteiger partial charge on any atom is 0.253 e. The molecule has 4 bridgehead atoms. The van der Waals surface area contributed by atoms with E-state index >= 15 is 0 Å². The van der Waals surface area contributed by atoms with Gasteiger partial charge in [-0.15, -0.1) is 0 Å². The SMILES string of the molecule is CN(CC12CC3CC(CC(C3)C1)C2)C(=O)c1cccc(C[S@@](C)=O)c1. The van der Waals surface area contributed by atoms with Crippen LogP contribution in [-0.4, -0.2) is 34.9 Å². The van der Waals surface area contributed by atoms with Gasteiger partial charge in [0.05, 0.1) is 0 Å². The van der Waals surface area contributed by atoms with Gasteiger partial charge in [-0.05, 0) is 79.4 Å². The van der Waals surface area contributed by atoms with Crippen molar-refractivity contribution in [3.63, 3.8) is 0 Å². The Morgan fingerprint density at radius 1 is 1.16 bits per heavy atom. The first-order valence-electron chi connectivity index (χ1n) is 9.57. The van der Waals surface area contributed by atoms with Crippen LogP contribution in [0.15, 0.2) is 24.3 Å². The van der Waals surface area contributed by atoms with E-state index < -0.39 is 10.8 Å². The second kappa shape index (κ2) is 6.53. The van der Waals surface area contributed by atoms with Gasteiger partial charge in [0.15, 0.2) is 0 Å². The molecule has 1 aromatic carbocycles. The summed E-state index contributed by atoms with van der Waals surface area (Å²) in [5.41, 5.74) is 2.09. The summed E-state index contributed by atoms with van der Waals surface area (Å²) in [6.45, 7) is 0.902. The zero-order valence-electron chi connectivity index (χ0n) is 15.4. The lowest BCUT2D eigenvalue weighted by molar-refractivity contribution is -0.0629. The lowest BCUT2D eigenvalue weighted by Gasteiger charge is -2.57. The van der Waals surface area contributed by atoms with Crippen LogP contribution in [-0.2, 0) is 16.6 Å². The van der Waals surface area contributed by atoms with Gasteiger partial charge in [-0.25, -0.2) is 0 Å². The molecular formula is C21H29NO2S. The van der Waals surface area contributed by atoms with Crippen molar-refractivity contribution in [2.24, 2.45) is 23.2 Å². The fourth-order valence-corrected chi connectivity index (χ4v) is 6.96. The topological polar surface area (TPSA) is 37.4 Å². The molecule has 1 aromatic rings. The van der Waals surface area contributed by atoms with Crippen LogP contribution in [0.3, 0.4) is 0 Å². The second-order valence-electron chi connectivity index (χ2n) is 9.00. The van der Waals surface area contributed by atoms with Crippen molar-refractivity contribution in [1.82, 2.24) is 4.90 Å². The summed E-state index contributed by atoms with van der Waals surface area (Å²) < 4.78 is 11.5. The maximum atomic E-state index is 13.0. The minimum Gasteiger partial charge on any atom is -0.341 e. The Hall–Kier alpha value is -1.16. The average Bonchev–Trinajstić information content (AvgIpc) is 2.52. The Kier molecular flexibility index (Phi) is 4.51. The normalized spacial score (nSPS) is 34.1. The Morgan fingerprint density at radius 2 is 1.76 bits per heavy atom. The number of hydrogen-bond acceptors (Lipinski definition) is 2. The Labute approximate surface area is 153 Å². The van der Waals surface area contributed by atoms with Crippen LogP contribution in [0.4, 0.5) is 0 Å². The smallest absolute Gasteiger partial charge is 0.253 e. The summed E-state index contributed by atoms with van der Waals surface area (Å²) in [5.74, 6) is 3.37. The Morgan fingerprint density at radius 3 is 2.32 bits per heavy atom. The van der Waals surface area contributed by atoms with Crippen LogP contribution in [0.1, 0.15) is 54.4 Å². The van der Waals surface area contributed by atoms with E-state index in [0.29, 0.717) is 11.2 Å². The summed E-state index contributed by atoms with van der Waals surface area (Å²) in [4.78, 5) is 14.9. The monoisotopic (exact) mass is 359 g/mol. The second-order valence-corrected chi connectivity index (χ2v) is 10.4. The van der Waals surface area contributed by atoms with Crippen LogP contribution in [0.2, 0.25) is 0 Å². The fourth-order valence-electron chi connectivity index (χ4n) is 6.31. The molecule has 4 aliphatic rings. The van der Waals surface area contributed by atoms with Crippen LogP contribution in [0.5, 0.6) is 0 Å². The molecule has 0 spiro atoms. The largest absolute Gasteiger partial charge is 0.341 e. The van der Waals surface area contributed by atoms with E-state index in [9.17, 15) is 9.00 Å². The number of nitrogens with zero attached hydrogens (tertiary/aromatic N) is 1. The van der Waals surface area contributed by atoms with Crippen LogP contribution >= 0.6 is 0 Å². The van der Waals surface area contributed by atoms with Crippen molar-refractivity contribution in [3.8, 4) is 0 Å². The number of carbonyl (C=O) groups is 1. The van der Waals surface area contributed by atoms with Gasteiger partial charge >= 0.3 is 0 Å². The number of hydrogen-bond donors (Lipinski definition) is 0. The van der Waals surface area contributed by atoms with Gasteiger partial charge in [-0.1, -0.05) is 12.1 Å². The van der Waals surface area contributed by atoms with E-state index in [1.165, 1.54) is 38.5 Å². The van der Waals surface area contributed by atoms with Gasteiger partial charge in [0.1, 0.15) is 0 Å². The van der Waals surface area contributed by atoms with Gasteiger partial charge < -0.3 is 4.90 Å². The quantitative estimate of drug-likeness (QED) is 0.801. The Balaban J connectivity index is 1.47. The van der Waals surface area contributed by atoms with Crippen molar-refractivity contribution in [2.45, 2.75) is 44.3 Å². The maximum absolute atomic E-state index is 13.0. The Bertz CT molecular complexity index is 664. The molecule has 0 radical (unpaired) electrons. The molecule has 4 fully saturated rings. The molecular weight excluding hydrogens is 330 g/mol. The number of rotatable bonds is 5. The molecule has 5 rings (SSSR count). The highest BCUT2D eigenvalue weighted by atomic mass is 32.2. The van der Waals surface area contributed by atoms with Gasteiger partial charge in [0.25, 0.3) is 5.91 Å². The molecule has 4 aliphatic carbocycles. The van der Waals surface area contributed by atoms with E-state index in [4.69, 9.17) is 0 Å². The third kappa shape index (κ3) is 3.55. The molecule has 0 aliphatic heterocycles. The average molecular weight is 360 g/mol. The minimum atomic E-state index is -0.883. The van der Waals surface area contributed by atoms with Crippen LogP contribution in [0.25, 0.3) is 0 Å². The molecule has 0 unspecified atom stereocenters. The predicted octanol–water partition coefficient (Wildman–Crippen LogP) is 3.85. The standard InChI is InChI=1S/C21H29NO2S/c1-22(20(23)19-5-3-4-15(9-19)13-25(2)24)14-21-10-16-6-17(11-21)8-18(7-16)12-21/h3-5,9,16-18H,6-8,10-14H2,1-2H3/t16?,17?,18?,21?,25-/m1/s1. The summed E-state index contributed by atoms with van der Waals surface area (Å²) in [6, 6.07) is 7.67. The molecule has 0 aromatic heterocycles. The first-order chi connectivity index (χ1) is 11.9. The third-order valence-electron chi connectivity index (χ3n) is 6.63. The summed E-state index contributed by atoms with van der Waals surface area (Å²) in [7, 11) is 1.08. The molecule has 4 heteroatoms. The van der Waals surface area contributed by atoms with E-state index in [1.807, 2.05) is 36.2 Å². The number of amides is 1. The summed E-state index contributed by atoms with van der Waals surface area (Å²) in [6.07, 6.45) is 9.99. The van der Waals surface area contributed by atoms with Crippen molar-refractivity contribution < 1.29 is 9.00 Å². The van der Waals surface area contributed by atoms with Crippen molar-refractivity contribution in [2.75, 3.05) is 19.8 Å². The van der Waals surface area contributed by atoms with Crippen molar-refractivity contribution >= 4 is 16.7 Å². The van der Waals surface area contributed by atoms with Crippen molar-refractivity contribution in [1.29, 1.82) is 0 Å². The highest BCUT2D eigenvalue weighted by Crippen LogP contribution is 2.60. The molecule has 25 heavy (non-hydrogen) atoms. The van der Waals surface area contributed by atoms with E-state index in [-0.39, 0.29) is 5.91 Å². The lowest BCUT2D eigenvalue weighted by Crippen LogP contribution is -2.51. The highest BCUT2D eigenvalue weighted by molar-refractivity contribution is 7.83. The molecule has 3 nitrogen and oxygen atoms in total. The van der Waals surface area contributed by atoms with E-state index in [2.05, 4.69) is 0 Å². The molecule has 1 atom stereocenters. The first kappa shape index (κ1) is 17.3. The van der Waals surface area contributed by atoms with Gasteiger partial charge in [-0.2, -0.15) is 0 Å². The molecule has 136 valence electrons. The zero-order valence-corrected chi connectivity index (χ0v) is 16.2. The molecule has 1 amide bonds. The predicted molar refractivity (Wildman–Crippen MR) is 102 cm³/mol. The molecule has 0 heterocycles. The minimum absolute atomic E-state index is 0.111. The van der Waals surface area contributed by atoms with Gasteiger partial charge in [0, 0.05) is 42.0 Å². The summed E-state index contributed by atoms with van der Waals surface area (Å²) >= 11 is 0. The number of benzene rings is 1. The fraction of sp³-hybridized carbons (Fsp3) is 0.667. The van der Waals surface area contributed by atoms with Crippen molar-refractivity contribution in [3.05, 3.63) is 35.4 Å². The van der Waals surface area contributed by atoms with E-state index in [1.54, 1.807) is 6.26 Å². The van der Waals surface area contributed by atoms with Gasteiger partial charge in [-0.3, -0.25) is 9.00 Å². The van der Waals surface area contributed by atoms with Gasteiger partial charge in [0.2, 0.25) is 0 Å². The zero-order chi connectivity index (χ0) is 17.6. The molecule has 0 N–H and O–H groups in total. The molecule has 4 saturated carbocycles. The van der Waals surface area contributed by atoms with Crippen LogP contribution in [0, 0.1) is 23.2 Å². The first-order valence-corrected chi connectivity index (χ1v) is 11.3. The highest BCUT2D eigenvalue weighted by Gasteiger charge is 2.51.